The van der Waals surface area contributed by atoms with Gasteiger partial charge in [0.1, 0.15) is 0 Å². The molecular weight excluding hydrogens is 254 g/mol. The molecule has 19 heavy (non-hydrogen) atoms. The molecule has 1 N–H and O–H groups in total. The first kappa shape index (κ1) is 16.6. The summed E-state index contributed by atoms with van der Waals surface area (Å²) in [7, 11) is 4.26. The number of hydrogen-bond acceptors (Lipinski definition) is 4. The number of rotatable bonds is 7. The Kier molecular flexibility index (Phi) is 6.43. The highest BCUT2D eigenvalue weighted by atomic mass is 32.1. The second-order valence-corrected chi connectivity index (χ2v) is 7.37. The zero-order valence-electron chi connectivity index (χ0n) is 13.3. The highest BCUT2D eigenvalue weighted by molar-refractivity contribution is 7.09. The summed E-state index contributed by atoms with van der Waals surface area (Å²) in [5.41, 5.74) is 1.38. The predicted molar refractivity (Wildman–Crippen MR) is 85.2 cm³/mol. The van der Waals surface area contributed by atoms with Gasteiger partial charge in [0.05, 0.1) is 10.7 Å². The zero-order valence-corrected chi connectivity index (χ0v) is 14.1. The van der Waals surface area contributed by atoms with Crippen LogP contribution in [0.4, 0.5) is 0 Å². The molecule has 0 aliphatic carbocycles. The van der Waals surface area contributed by atoms with Crippen molar-refractivity contribution in [2.75, 3.05) is 27.2 Å². The average molecular weight is 283 g/mol. The molecule has 0 amide bonds. The van der Waals surface area contributed by atoms with Crippen LogP contribution in [-0.2, 0) is 11.8 Å². The minimum absolute atomic E-state index is 0.159. The maximum Gasteiger partial charge on any atom is 0.0944 e. The molecule has 110 valence electrons. The van der Waals surface area contributed by atoms with Gasteiger partial charge in [0.2, 0.25) is 0 Å². The van der Waals surface area contributed by atoms with Crippen LogP contribution < -0.4 is 5.32 Å². The van der Waals surface area contributed by atoms with Crippen LogP contribution >= 0.6 is 11.3 Å². The summed E-state index contributed by atoms with van der Waals surface area (Å²) in [6.07, 6.45) is 2.22. The molecule has 0 aliphatic heterocycles. The summed E-state index contributed by atoms with van der Waals surface area (Å²) in [6, 6.07) is 0.534. The molecule has 0 saturated carbocycles. The van der Waals surface area contributed by atoms with Gasteiger partial charge in [-0.1, -0.05) is 27.7 Å². The molecule has 0 saturated heterocycles. The summed E-state index contributed by atoms with van der Waals surface area (Å²) in [5.74, 6) is 0. The van der Waals surface area contributed by atoms with Gasteiger partial charge < -0.3 is 10.2 Å². The number of nitrogens with one attached hydrogen (secondary N) is 1. The maximum absolute atomic E-state index is 4.80. The van der Waals surface area contributed by atoms with E-state index in [-0.39, 0.29) is 5.41 Å². The third kappa shape index (κ3) is 6.02. The Morgan fingerprint density at radius 2 is 2.05 bits per heavy atom. The van der Waals surface area contributed by atoms with Crippen LogP contribution in [0.15, 0.2) is 5.38 Å². The summed E-state index contributed by atoms with van der Waals surface area (Å²) in [5, 5.41) is 7.05. The van der Waals surface area contributed by atoms with E-state index in [1.807, 2.05) is 0 Å². The van der Waals surface area contributed by atoms with Crippen molar-refractivity contribution in [3.05, 3.63) is 16.1 Å². The first-order chi connectivity index (χ1) is 8.82. The topological polar surface area (TPSA) is 28.2 Å². The smallest absolute Gasteiger partial charge is 0.0944 e. The zero-order chi connectivity index (χ0) is 14.5. The monoisotopic (exact) mass is 283 g/mol. The van der Waals surface area contributed by atoms with Crippen LogP contribution in [0.2, 0.25) is 0 Å². The molecule has 3 nitrogen and oxygen atoms in total. The van der Waals surface area contributed by atoms with Gasteiger partial charge in [-0.15, -0.1) is 11.3 Å². The number of thiazole rings is 1. The molecular formula is C15H29N3S. The van der Waals surface area contributed by atoms with Crippen molar-refractivity contribution in [1.82, 2.24) is 15.2 Å². The Hall–Kier alpha value is -0.450. The maximum atomic E-state index is 4.80. The van der Waals surface area contributed by atoms with E-state index in [0.717, 1.165) is 19.5 Å². The molecule has 1 unspecified atom stereocenters. The Morgan fingerprint density at radius 1 is 1.37 bits per heavy atom. The van der Waals surface area contributed by atoms with Crippen molar-refractivity contribution in [2.45, 2.75) is 52.0 Å². The summed E-state index contributed by atoms with van der Waals surface area (Å²) >= 11 is 1.80. The van der Waals surface area contributed by atoms with Crippen molar-refractivity contribution in [3.63, 3.8) is 0 Å². The number of likely N-dealkylation sites (N-methyl/N-ethyl adjacent to an activating group) is 1. The molecule has 1 heterocycles. The third-order valence-corrected chi connectivity index (χ3v) is 4.03. The second-order valence-electron chi connectivity index (χ2n) is 6.43. The van der Waals surface area contributed by atoms with E-state index >= 15 is 0 Å². The van der Waals surface area contributed by atoms with Crippen LogP contribution in [0.1, 0.15) is 44.8 Å². The van der Waals surface area contributed by atoms with Crippen LogP contribution in [0, 0.1) is 0 Å². The van der Waals surface area contributed by atoms with Crippen molar-refractivity contribution in [2.24, 2.45) is 0 Å². The first-order valence-corrected chi connectivity index (χ1v) is 8.04. The van der Waals surface area contributed by atoms with Gasteiger partial charge in [0.25, 0.3) is 0 Å². The highest BCUT2D eigenvalue weighted by Gasteiger charge is 2.18. The molecule has 0 aromatic carbocycles. The van der Waals surface area contributed by atoms with Gasteiger partial charge in [-0.05, 0) is 33.6 Å². The van der Waals surface area contributed by atoms with Crippen LogP contribution in [0.5, 0.6) is 0 Å². The summed E-state index contributed by atoms with van der Waals surface area (Å²) in [4.78, 5) is 7.04. The van der Waals surface area contributed by atoms with Gasteiger partial charge in [-0.3, -0.25) is 0 Å². The quantitative estimate of drug-likeness (QED) is 0.834. The largest absolute Gasteiger partial charge is 0.314 e. The third-order valence-electron chi connectivity index (χ3n) is 3.16. The first-order valence-electron chi connectivity index (χ1n) is 7.16. The van der Waals surface area contributed by atoms with E-state index in [1.165, 1.54) is 17.1 Å². The summed E-state index contributed by atoms with van der Waals surface area (Å²) < 4.78 is 0. The van der Waals surface area contributed by atoms with E-state index < -0.39 is 0 Å². The van der Waals surface area contributed by atoms with Gasteiger partial charge in [-0.25, -0.2) is 4.98 Å². The molecule has 1 rings (SSSR count). The van der Waals surface area contributed by atoms with Gasteiger partial charge >= 0.3 is 0 Å². The fourth-order valence-corrected chi connectivity index (χ4v) is 3.04. The molecule has 0 fully saturated rings. The molecule has 0 spiro atoms. The van der Waals surface area contributed by atoms with E-state index in [0.29, 0.717) is 6.04 Å². The van der Waals surface area contributed by atoms with E-state index in [1.54, 1.807) is 11.3 Å². The fraction of sp³-hybridized carbons (Fsp3) is 0.800. The standard InChI is InChI=1S/C15H29N3S/c1-7-16-12(8-9-18(5)6)10-14-17-13(11-19-14)15(2,3)4/h11-12,16H,7-10H2,1-6H3. The lowest BCUT2D eigenvalue weighted by molar-refractivity contribution is 0.358. The van der Waals surface area contributed by atoms with E-state index in [9.17, 15) is 0 Å². The molecule has 0 radical (unpaired) electrons. The predicted octanol–water partition coefficient (Wildman–Crippen LogP) is 2.91. The molecule has 1 aromatic heterocycles. The molecule has 1 atom stereocenters. The minimum atomic E-state index is 0.159. The van der Waals surface area contributed by atoms with E-state index in [2.05, 4.69) is 57.4 Å². The lowest BCUT2D eigenvalue weighted by Crippen LogP contribution is -2.34. The van der Waals surface area contributed by atoms with Gasteiger partial charge in [-0.2, -0.15) is 0 Å². The lowest BCUT2D eigenvalue weighted by Gasteiger charge is -2.19. The molecule has 0 aliphatic rings. The molecule has 4 heteroatoms. The highest BCUT2D eigenvalue weighted by Crippen LogP contribution is 2.24. The van der Waals surface area contributed by atoms with Gasteiger partial charge in [0, 0.05) is 23.3 Å². The van der Waals surface area contributed by atoms with Crippen LogP contribution in [0.3, 0.4) is 0 Å². The van der Waals surface area contributed by atoms with Crippen molar-refractivity contribution < 1.29 is 0 Å². The van der Waals surface area contributed by atoms with Crippen LogP contribution in [0.25, 0.3) is 0 Å². The van der Waals surface area contributed by atoms with Crippen molar-refractivity contribution >= 4 is 11.3 Å². The van der Waals surface area contributed by atoms with Crippen molar-refractivity contribution in [3.8, 4) is 0 Å². The average Bonchev–Trinajstić information content (AvgIpc) is 2.74. The number of aromatic nitrogens is 1. The van der Waals surface area contributed by atoms with Crippen molar-refractivity contribution in [1.29, 1.82) is 0 Å². The molecule has 1 aromatic rings. The van der Waals surface area contributed by atoms with Gasteiger partial charge in [0.15, 0.2) is 0 Å². The summed E-state index contributed by atoms with van der Waals surface area (Å²) in [6.45, 7) is 11.0. The second kappa shape index (κ2) is 7.36. The van der Waals surface area contributed by atoms with E-state index in [4.69, 9.17) is 4.98 Å². The Morgan fingerprint density at radius 3 is 2.53 bits per heavy atom. The SMILES string of the molecule is CCNC(CCN(C)C)Cc1nc(C(C)(C)C)cs1. The Balaban J connectivity index is 2.60. The fourth-order valence-electron chi connectivity index (χ4n) is 1.94. The molecule has 0 bridgehead atoms. The lowest BCUT2D eigenvalue weighted by atomic mass is 9.93. The van der Waals surface area contributed by atoms with Crippen LogP contribution in [-0.4, -0.2) is 43.1 Å². The Labute approximate surface area is 122 Å². The number of nitrogens with zero attached hydrogens (tertiary/aromatic N) is 2. The number of hydrogen-bond donors (Lipinski definition) is 1. The Bertz CT molecular complexity index is 366. The normalized spacial score (nSPS) is 14.1. The minimum Gasteiger partial charge on any atom is -0.314 e.